The average molecular weight is 197 g/mol. The molecule has 0 aliphatic heterocycles. The summed E-state index contributed by atoms with van der Waals surface area (Å²) in [6.45, 7) is 6.63. The Morgan fingerprint density at radius 1 is 1.69 bits per heavy atom. The lowest BCUT2D eigenvalue weighted by Crippen LogP contribution is -2.18. The molecule has 1 atom stereocenters. The number of hydrogen-bond donors (Lipinski definition) is 1. The number of rotatable bonds is 4. The molecule has 1 aliphatic rings. The van der Waals surface area contributed by atoms with Crippen molar-refractivity contribution in [2.24, 2.45) is 11.3 Å². The Labute approximate surface area is 82.7 Å². The molecule has 4 heteroatoms. The van der Waals surface area contributed by atoms with Crippen LogP contribution in [-0.2, 0) is 6.54 Å². The molecule has 1 aromatic heterocycles. The third-order valence-electron chi connectivity index (χ3n) is 2.82. The van der Waals surface area contributed by atoms with Gasteiger partial charge in [0.1, 0.15) is 0 Å². The molecule has 2 rings (SSSR count). The van der Waals surface area contributed by atoms with Crippen LogP contribution >= 0.6 is 11.5 Å². The summed E-state index contributed by atoms with van der Waals surface area (Å²) in [5.41, 5.74) is 1.64. The van der Waals surface area contributed by atoms with Crippen molar-refractivity contribution in [3.8, 4) is 0 Å². The second-order valence-electron chi connectivity index (χ2n) is 4.42. The summed E-state index contributed by atoms with van der Waals surface area (Å²) in [7, 11) is 0. The molecule has 72 valence electrons. The van der Waals surface area contributed by atoms with Crippen molar-refractivity contribution in [2.75, 3.05) is 6.54 Å². The standard InChI is InChI=1S/C9H15N3S/c1-9(2)3-7(9)4-10-5-8-6-13-12-11-8/h6-7,10H,3-5H2,1-2H3. The van der Waals surface area contributed by atoms with Crippen LogP contribution in [0, 0.1) is 11.3 Å². The highest BCUT2D eigenvalue weighted by Gasteiger charge is 2.44. The van der Waals surface area contributed by atoms with Gasteiger partial charge in [-0.3, -0.25) is 0 Å². The predicted molar refractivity (Wildman–Crippen MR) is 53.5 cm³/mol. The predicted octanol–water partition coefficient (Wildman–Crippen LogP) is 1.67. The van der Waals surface area contributed by atoms with Gasteiger partial charge in [0, 0.05) is 11.9 Å². The maximum Gasteiger partial charge on any atom is 0.0893 e. The van der Waals surface area contributed by atoms with Gasteiger partial charge in [-0.2, -0.15) is 0 Å². The molecular formula is C9H15N3S. The lowest BCUT2D eigenvalue weighted by atomic mass is 10.1. The Bertz CT molecular complexity index is 268. The van der Waals surface area contributed by atoms with Crippen LogP contribution in [0.3, 0.4) is 0 Å². The van der Waals surface area contributed by atoms with Crippen LogP contribution in [0.15, 0.2) is 5.38 Å². The Hall–Kier alpha value is -0.480. The van der Waals surface area contributed by atoms with Gasteiger partial charge in [0.2, 0.25) is 0 Å². The molecule has 1 aromatic rings. The maximum absolute atomic E-state index is 3.98. The van der Waals surface area contributed by atoms with Gasteiger partial charge in [-0.15, -0.1) is 5.10 Å². The van der Waals surface area contributed by atoms with Crippen LogP contribution in [0.4, 0.5) is 0 Å². The third-order valence-corrected chi connectivity index (χ3v) is 3.37. The first-order chi connectivity index (χ1) is 6.18. The van der Waals surface area contributed by atoms with Crippen molar-refractivity contribution >= 4 is 11.5 Å². The Kier molecular flexibility index (Phi) is 2.34. The number of hydrogen-bond acceptors (Lipinski definition) is 4. The van der Waals surface area contributed by atoms with E-state index in [1.54, 1.807) is 0 Å². The van der Waals surface area contributed by atoms with Crippen LogP contribution in [0.2, 0.25) is 0 Å². The fourth-order valence-electron chi connectivity index (χ4n) is 1.56. The van der Waals surface area contributed by atoms with Crippen LogP contribution in [-0.4, -0.2) is 16.1 Å². The summed E-state index contributed by atoms with van der Waals surface area (Å²) in [5, 5.41) is 9.38. The van der Waals surface area contributed by atoms with Crippen molar-refractivity contribution in [3.63, 3.8) is 0 Å². The topological polar surface area (TPSA) is 37.8 Å². The van der Waals surface area contributed by atoms with Gasteiger partial charge in [-0.25, -0.2) is 0 Å². The first-order valence-corrected chi connectivity index (χ1v) is 5.49. The van der Waals surface area contributed by atoms with E-state index < -0.39 is 0 Å². The first kappa shape index (κ1) is 9.09. The van der Waals surface area contributed by atoms with Crippen molar-refractivity contribution in [1.29, 1.82) is 0 Å². The van der Waals surface area contributed by atoms with E-state index in [0.717, 1.165) is 24.7 Å². The highest BCUT2D eigenvalue weighted by atomic mass is 32.1. The second kappa shape index (κ2) is 3.35. The minimum absolute atomic E-state index is 0.577. The summed E-state index contributed by atoms with van der Waals surface area (Å²) in [6, 6.07) is 0. The largest absolute Gasteiger partial charge is 0.311 e. The highest BCUT2D eigenvalue weighted by molar-refractivity contribution is 7.03. The van der Waals surface area contributed by atoms with E-state index in [4.69, 9.17) is 0 Å². The van der Waals surface area contributed by atoms with Gasteiger partial charge in [-0.1, -0.05) is 18.3 Å². The lowest BCUT2D eigenvalue weighted by Gasteiger charge is -2.03. The zero-order valence-corrected chi connectivity index (χ0v) is 8.90. The minimum Gasteiger partial charge on any atom is -0.311 e. The number of nitrogens with zero attached hydrogens (tertiary/aromatic N) is 2. The van der Waals surface area contributed by atoms with Gasteiger partial charge in [-0.05, 0) is 35.8 Å². The minimum atomic E-state index is 0.577. The molecule has 0 radical (unpaired) electrons. The maximum atomic E-state index is 3.98. The van der Waals surface area contributed by atoms with Crippen LogP contribution in [0.25, 0.3) is 0 Å². The number of nitrogens with one attached hydrogen (secondary N) is 1. The molecule has 1 saturated carbocycles. The van der Waals surface area contributed by atoms with Gasteiger partial charge in [0.25, 0.3) is 0 Å². The van der Waals surface area contributed by atoms with Crippen molar-refractivity contribution in [2.45, 2.75) is 26.8 Å². The zero-order chi connectivity index (χ0) is 9.31. The molecular weight excluding hydrogens is 182 g/mol. The summed E-state index contributed by atoms with van der Waals surface area (Å²) in [4.78, 5) is 0. The van der Waals surface area contributed by atoms with E-state index in [0.29, 0.717) is 5.41 Å². The van der Waals surface area contributed by atoms with E-state index in [9.17, 15) is 0 Å². The van der Waals surface area contributed by atoms with Gasteiger partial charge >= 0.3 is 0 Å². The molecule has 0 amide bonds. The van der Waals surface area contributed by atoms with Gasteiger partial charge in [0.15, 0.2) is 0 Å². The van der Waals surface area contributed by atoms with E-state index in [1.807, 2.05) is 5.38 Å². The lowest BCUT2D eigenvalue weighted by molar-refractivity contribution is 0.517. The molecule has 1 unspecified atom stereocenters. The average Bonchev–Trinajstić information content (AvgIpc) is 2.53. The Morgan fingerprint density at radius 3 is 3.00 bits per heavy atom. The molecule has 1 heterocycles. The van der Waals surface area contributed by atoms with Gasteiger partial charge < -0.3 is 5.32 Å². The Morgan fingerprint density at radius 2 is 2.46 bits per heavy atom. The third kappa shape index (κ3) is 2.25. The summed E-state index contributed by atoms with van der Waals surface area (Å²) < 4.78 is 3.82. The van der Waals surface area contributed by atoms with Crippen LogP contribution in [0.1, 0.15) is 26.0 Å². The van der Waals surface area contributed by atoms with E-state index in [1.165, 1.54) is 18.0 Å². The second-order valence-corrected chi connectivity index (χ2v) is 5.03. The van der Waals surface area contributed by atoms with Crippen molar-refractivity contribution < 1.29 is 0 Å². The first-order valence-electron chi connectivity index (χ1n) is 4.65. The van der Waals surface area contributed by atoms with E-state index >= 15 is 0 Å². The molecule has 0 aromatic carbocycles. The normalized spacial score (nSPS) is 24.6. The van der Waals surface area contributed by atoms with Crippen LogP contribution < -0.4 is 5.32 Å². The van der Waals surface area contributed by atoms with Gasteiger partial charge in [0.05, 0.1) is 5.69 Å². The molecule has 1 aliphatic carbocycles. The number of aromatic nitrogens is 2. The Balaban J connectivity index is 1.66. The molecule has 3 nitrogen and oxygen atoms in total. The monoisotopic (exact) mass is 197 g/mol. The zero-order valence-electron chi connectivity index (χ0n) is 8.08. The van der Waals surface area contributed by atoms with E-state index in [2.05, 4.69) is 28.8 Å². The highest BCUT2D eigenvalue weighted by Crippen LogP contribution is 2.50. The molecule has 1 fully saturated rings. The van der Waals surface area contributed by atoms with Crippen molar-refractivity contribution in [1.82, 2.24) is 14.9 Å². The summed E-state index contributed by atoms with van der Waals surface area (Å²) >= 11 is 1.41. The molecule has 0 bridgehead atoms. The molecule has 0 spiro atoms. The van der Waals surface area contributed by atoms with Crippen molar-refractivity contribution in [3.05, 3.63) is 11.1 Å². The fraction of sp³-hybridized carbons (Fsp3) is 0.778. The SMILES string of the molecule is CC1(C)CC1CNCc1csnn1. The van der Waals surface area contributed by atoms with Crippen LogP contribution in [0.5, 0.6) is 0 Å². The molecule has 0 saturated heterocycles. The summed E-state index contributed by atoms with van der Waals surface area (Å²) in [6.07, 6.45) is 1.36. The van der Waals surface area contributed by atoms with E-state index in [-0.39, 0.29) is 0 Å². The molecule has 13 heavy (non-hydrogen) atoms. The molecule has 1 N–H and O–H groups in total. The summed E-state index contributed by atoms with van der Waals surface area (Å²) in [5.74, 6) is 0.860. The fourth-order valence-corrected chi connectivity index (χ4v) is 2.01. The smallest absolute Gasteiger partial charge is 0.0893 e. The quantitative estimate of drug-likeness (QED) is 0.798.